The van der Waals surface area contributed by atoms with Crippen molar-refractivity contribution in [2.75, 3.05) is 9.80 Å². The summed E-state index contributed by atoms with van der Waals surface area (Å²) >= 11 is 20.8. The Hall–Kier alpha value is -9.25. The summed E-state index contributed by atoms with van der Waals surface area (Å²) in [4.78, 5) is 66.8. The maximum Gasteiger partial charge on any atom is 2.00 e. The van der Waals surface area contributed by atoms with Crippen molar-refractivity contribution >= 4 is 192 Å². The van der Waals surface area contributed by atoms with Crippen LogP contribution in [0.25, 0.3) is 56.9 Å². The molecule has 15 rings (SSSR count). The number of anilines is 6. The third kappa shape index (κ3) is 30.6. The second kappa shape index (κ2) is 46.6. The fourth-order valence-corrected chi connectivity index (χ4v) is 20.0. The third-order valence-electron chi connectivity index (χ3n) is 20.7. The van der Waals surface area contributed by atoms with Crippen molar-refractivity contribution < 1.29 is 30.7 Å². The van der Waals surface area contributed by atoms with Crippen LogP contribution in [0.4, 0.5) is 34.1 Å². The van der Waals surface area contributed by atoms with Crippen molar-refractivity contribution in [2.45, 2.75) is 159 Å². The summed E-state index contributed by atoms with van der Waals surface area (Å²) in [5.41, 5.74) is 18.2. The average Bonchev–Trinajstić information content (AvgIpc) is 0.773. The minimum Gasteiger partial charge on any atom is -0.537 e. The normalized spacial score (nSPS) is 11.4. The van der Waals surface area contributed by atoms with Gasteiger partial charge < -0.3 is 19.5 Å². The van der Waals surface area contributed by atoms with Crippen molar-refractivity contribution in [2.24, 2.45) is 0 Å². The average molecular weight is 2260 g/mol. The Kier molecular flexibility index (Phi) is 37.5. The summed E-state index contributed by atoms with van der Waals surface area (Å²) in [5, 5.41) is 16.4. The molecule has 0 aliphatic carbocycles. The summed E-state index contributed by atoms with van der Waals surface area (Å²) in [7, 11) is -7.83. The van der Waals surface area contributed by atoms with Crippen LogP contribution in [0.1, 0.15) is 33.4 Å². The van der Waals surface area contributed by atoms with E-state index < -0.39 is 48.4 Å². The maximum absolute atomic E-state index is 8.25. The number of nitrogens with zero attached hydrogens (tertiary/aromatic N) is 16. The van der Waals surface area contributed by atoms with Gasteiger partial charge in [-0.15, -0.1) is 59.7 Å². The first-order valence-electron chi connectivity index (χ1n) is 42.6. The van der Waals surface area contributed by atoms with Gasteiger partial charge in [-0.05, 0) is 200 Å². The van der Waals surface area contributed by atoms with Gasteiger partial charge in [-0.3, -0.25) is 19.9 Å². The van der Waals surface area contributed by atoms with Crippen molar-refractivity contribution in [3.8, 4) is 62.7 Å². The number of aryl methyl sites for hydroxylation is 6. The number of aromatic nitrogens is 14. The van der Waals surface area contributed by atoms with E-state index in [0.717, 1.165) is 87.1 Å². The molecule has 7 aromatic heterocycles. The van der Waals surface area contributed by atoms with Crippen LogP contribution in [-0.2, 0) is 21.1 Å². The van der Waals surface area contributed by atoms with Gasteiger partial charge in [0.1, 0.15) is 5.75 Å². The Morgan fingerprint density at radius 1 is 0.305 bits per heavy atom. The van der Waals surface area contributed by atoms with E-state index in [0.29, 0.717) is 30.4 Å². The maximum atomic E-state index is 8.25. The van der Waals surface area contributed by atoms with E-state index >= 15 is 0 Å². The predicted octanol–water partition coefficient (Wildman–Crippen LogP) is 24.1. The van der Waals surface area contributed by atoms with E-state index in [1.165, 1.54) is 70.2 Å². The molecule has 0 aliphatic rings. The molecule has 15 aromatic rings. The molecular formula is C100H113BBr3Cl2N16O2PtSi6. The molecule has 7 heterocycles. The molecule has 18 nitrogen and oxygen atoms in total. The molecule has 0 atom stereocenters. The van der Waals surface area contributed by atoms with E-state index in [9.17, 15) is 0 Å². The molecule has 0 aliphatic heterocycles. The predicted molar refractivity (Wildman–Crippen MR) is 570 cm³/mol. The van der Waals surface area contributed by atoms with Crippen LogP contribution >= 0.6 is 71.0 Å². The Bertz CT molecular complexity index is 5770. The number of hydrogen-bond acceptors (Lipinski definition) is 18. The minimum absolute atomic E-state index is 0. The van der Waals surface area contributed by atoms with Crippen LogP contribution in [0, 0.1) is 53.7 Å². The van der Waals surface area contributed by atoms with Crippen molar-refractivity contribution in [3.05, 3.63) is 314 Å². The van der Waals surface area contributed by atoms with Crippen LogP contribution in [0.2, 0.25) is 128 Å². The molecular weight excluding hydrogens is 2140 g/mol. The van der Waals surface area contributed by atoms with Gasteiger partial charge in [0.25, 0.3) is 0 Å². The van der Waals surface area contributed by atoms with Gasteiger partial charge in [-0.2, -0.15) is 0 Å². The van der Waals surface area contributed by atoms with Gasteiger partial charge >= 0.3 is 28.8 Å². The molecule has 131 heavy (non-hydrogen) atoms. The number of rotatable bonds is 19. The number of halogens is 5. The number of hydrogen-bond donors (Lipinski definition) is 1. The van der Waals surface area contributed by atoms with Crippen molar-refractivity contribution in [1.29, 1.82) is 0 Å². The first kappa shape index (κ1) is 105. The SMILES string of the molecule is C[Si](C)(C)c1cnc(-c2cccc(Br)c2)nc1.C[Si](C)(C)c1cnc(Cl)nc1.Cc1cc(C)c(N(c2[c-]c(-c3ncc([Si](C)(C)C)cn3)ccc2)c2[c-]c(-c3ncc([Si](C)(C)C)cn3)ccc2)c(C)c1.Cc1cc(C)c(N(c2cccc(-c3ncc([Si](C)(C)C)cn3)c2)c2cccc(-c3ncc([Si](C)(C)C)cn3)c2)c(C)c1.Clc1ncc(Br)cn1.O[B]Oc1cccc(Br)c1.[Pt+2]. The summed E-state index contributed by atoms with van der Waals surface area (Å²) in [5.74, 6) is 4.21. The van der Waals surface area contributed by atoms with Crippen LogP contribution in [0.5, 0.6) is 5.75 Å². The Balaban J connectivity index is 0.000000199. The summed E-state index contributed by atoms with van der Waals surface area (Å²) in [6.07, 6.45) is 26.7. The fraction of sp³-hybridized carbons (Fsp3) is 0.240. The van der Waals surface area contributed by atoms with Gasteiger partial charge in [0, 0.05) is 129 Å². The summed E-state index contributed by atoms with van der Waals surface area (Å²) < 4.78 is 7.49. The largest absolute Gasteiger partial charge is 2.00 e. The third-order valence-corrected chi connectivity index (χ3v) is 34.4. The molecule has 31 heteroatoms. The van der Waals surface area contributed by atoms with E-state index in [2.05, 4.69) is 349 Å². The van der Waals surface area contributed by atoms with E-state index in [1.54, 1.807) is 24.5 Å². The molecule has 0 saturated carbocycles. The van der Waals surface area contributed by atoms with Gasteiger partial charge in [0.05, 0.1) is 70.3 Å². The quantitative estimate of drug-likeness (QED) is 0.0452. The van der Waals surface area contributed by atoms with E-state index in [-0.39, 0.29) is 26.3 Å². The van der Waals surface area contributed by atoms with Crippen LogP contribution < -0.4 is 45.6 Å². The molecule has 1 radical (unpaired) electrons. The first-order chi connectivity index (χ1) is 61.2. The number of benzene rings is 8. The zero-order valence-corrected chi connectivity index (χ0v) is 93.4. The topological polar surface area (TPSA) is 216 Å². The van der Waals surface area contributed by atoms with E-state index in [4.69, 9.17) is 68.1 Å². The summed E-state index contributed by atoms with van der Waals surface area (Å²) in [6, 6.07) is 60.8. The van der Waals surface area contributed by atoms with Crippen LogP contribution in [0.3, 0.4) is 0 Å². The van der Waals surface area contributed by atoms with E-state index in [1.807, 2.05) is 135 Å². The van der Waals surface area contributed by atoms with Crippen molar-refractivity contribution in [3.63, 3.8) is 0 Å². The van der Waals surface area contributed by atoms with Crippen LogP contribution in [0.15, 0.2) is 258 Å². The smallest absolute Gasteiger partial charge is 0.537 e. The molecule has 0 bridgehead atoms. The molecule has 1 N–H and O–H groups in total. The molecule has 677 valence electrons. The van der Waals surface area contributed by atoms with Gasteiger partial charge in [0.15, 0.2) is 17.5 Å². The Morgan fingerprint density at radius 2 is 0.573 bits per heavy atom. The van der Waals surface area contributed by atoms with Gasteiger partial charge in [-0.1, -0.05) is 228 Å². The zero-order valence-electron chi connectivity index (χ0n) is 78.9. The second-order valence-electron chi connectivity index (χ2n) is 37.7. The Labute approximate surface area is 830 Å². The minimum atomic E-state index is -1.49. The fourth-order valence-electron chi connectivity index (χ4n) is 13.4. The van der Waals surface area contributed by atoms with Crippen molar-refractivity contribution in [1.82, 2.24) is 69.8 Å². The molecule has 0 saturated heterocycles. The molecule has 8 aromatic carbocycles. The molecule has 0 spiro atoms. The zero-order chi connectivity index (χ0) is 94.8. The molecule has 0 amide bonds. The monoisotopic (exact) mass is 2250 g/mol. The van der Waals surface area contributed by atoms with Gasteiger partial charge in [-0.25, -0.2) is 49.8 Å². The van der Waals surface area contributed by atoms with Crippen LogP contribution in [-0.4, -0.2) is 131 Å². The molecule has 0 unspecified atom stereocenters. The first-order valence-corrected chi connectivity index (χ1v) is 66.7. The standard InChI is InChI=1S/C35H41N5Si2.C35H39N5Si2.C13H15BrN2Si.C7H11ClN2Si.C6H5BBrO2.C4H2BrClN2.Pt/c2*1-24-16-25(2)33(26(3)17-24)40(29-14-10-12-27(18-29)34-36-20-31(21-37-34)41(4,5)6)30-15-11-13-28(19-30)35-38-22-32(23-39-35)42(7,8)9;1-17(2,3)12-8-15-13(16-9-12)10-5-4-6-11(14)7-10;1-11(2,3)6-4-9-7(8)10-5-6;8-5-2-1-3-6(4-5)10-7-9;5-3-1-7-4(6)8-2-3;/h10-23H,1-9H3;10-17,20-23H,1-9H3;4-9H,1-3H3;4-5H,1-3H3;1-4,9H;1-2H;/q;-2;;;;;+2. The Morgan fingerprint density at radius 3 is 0.870 bits per heavy atom. The molecule has 0 fully saturated rings. The van der Waals surface area contributed by atoms with Gasteiger partial charge in [0.2, 0.25) is 10.6 Å². The summed E-state index contributed by atoms with van der Waals surface area (Å²) in [6.45, 7) is 54.3. The second-order valence-corrected chi connectivity index (χ2v) is 71.6.